The van der Waals surface area contributed by atoms with Crippen LogP contribution in [0.15, 0.2) is 30.7 Å². The molecule has 0 unspecified atom stereocenters. The van der Waals surface area contributed by atoms with Gasteiger partial charge in [0.2, 0.25) is 0 Å². The van der Waals surface area contributed by atoms with E-state index >= 15 is 0 Å². The highest BCUT2D eigenvalue weighted by atomic mass is 35.5. The maximum atomic E-state index is 12.3. The van der Waals surface area contributed by atoms with Gasteiger partial charge in [0.25, 0.3) is 12.3 Å². The summed E-state index contributed by atoms with van der Waals surface area (Å²) in [7, 11) is 0. The van der Waals surface area contributed by atoms with Crippen LogP contribution in [0.1, 0.15) is 10.5 Å². The molecule has 2 aromatic rings. The second-order valence-electron chi connectivity index (χ2n) is 3.62. The van der Waals surface area contributed by atoms with Crippen molar-refractivity contribution in [3.8, 4) is 0 Å². The first-order valence-electron chi connectivity index (χ1n) is 5.28. The van der Waals surface area contributed by atoms with Gasteiger partial charge in [0.05, 0.1) is 18.9 Å². The number of hydrogen-bond donors (Lipinski definition) is 1. The number of aromatic nitrogens is 3. The van der Waals surface area contributed by atoms with Crippen LogP contribution >= 0.6 is 11.6 Å². The average molecular weight is 287 g/mol. The smallest absolute Gasteiger partial charge is 0.273 e. The number of hydrogen-bond acceptors (Lipinski definition) is 3. The Bertz CT molecular complexity index is 588. The molecule has 0 bridgehead atoms. The maximum Gasteiger partial charge on any atom is 0.273 e. The number of alkyl halides is 2. The van der Waals surface area contributed by atoms with Gasteiger partial charge in [-0.15, -0.1) is 0 Å². The summed E-state index contributed by atoms with van der Waals surface area (Å²) in [5.41, 5.74) is 0.113. The molecule has 0 saturated carbocycles. The third-order valence-electron chi connectivity index (χ3n) is 2.24. The predicted molar refractivity (Wildman–Crippen MR) is 65.4 cm³/mol. The first-order chi connectivity index (χ1) is 9.06. The summed E-state index contributed by atoms with van der Waals surface area (Å²) in [5, 5.41) is 2.56. The lowest BCUT2D eigenvalue weighted by molar-refractivity contribution is 0.0997. The maximum absolute atomic E-state index is 12.3. The van der Waals surface area contributed by atoms with Gasteiger partial charge < -0.3 is 9.88 Å². The fourth-order valence-corrected chi connectivity index (χ4v) is 1.66. The molecule has 0 aliphatic heterocycles. The van der Waals surface area contributed by atoms with Crippen LogP contribution in [0.25, 0.3) is 0 Å². The van der Waals surface area contributed by atoms with E-state index in [-0.39, 0.29) is 16.7 Å². The number of amides is 1. The second-order valence-corrected chi connectivity index (χ2v) is 4.01. The molecule has 0 saturated heterocycles. The molecule has 0 spiro atoms. The molecule has 0 aliphatic rings. The highest BCUT2D eigenvalue weighted by Crippen LogP contribution is 2.11. The lowest BCUT2D eigenvalue weighted by Crippen LogP contribution is -2.19. The predicted octanol–water partition coefficient (Wildman–Crippen LogP) is 2.45. The molecule has 0 atom stereocenters. The van der Waals surface area contributed by atoms with Crippen molar-refractivity contribution in [1.29, 1.82) is 0 Å². The Morgan fingerprint density at radius 2 is 2.26 bits per heavy atom. The Morgan fingerprint density at radius 1 is 1.47 bits per heavy atom. The van der Waals surface area contributed by atoms with Gasteiger partial charge in [-0.05, 0) is 12.1 Å². The van der Waals surface area contributed by atoms with Crippen LogP contribution in [-0.4, -0.2) is 26.9 Å². The van der Waals surface area contributed by atoms with Crippen molar-refractivity contribution < 1.29 is 13.6 Å². The van der Waals surface area contributed by atoms with Crippen LogP contribution in [0.3, 0.4) is 0 Å². The SMILES string of the molecule is O=C(Nc1cncc(Cl)n1)c1cccn1CC(F)F. The topological polar surface area (TPSA) is 59.8 Å². The van der Waals surface area contributed by atoms with Gasteiger partial charge in [-0.2, -0.15) is 0 Å². The van der Waals surface area contributed by atoms with Gasteiger partial charge in [0.1, 0.15) is 10.8 Å². The summed E-state index contributed by atoms with van der Waals surface area (Å²) >= 11 is 5.62. The number of carbonyl (C=O) groups excluding carboxylic acids is 1. The Hall–Kier alpha value is -2.02. The van der Waals surface area contributed by atoms with E-state index in [0.717, 1.165) is 4.57 Å². The van der Waals surface area contributed by atoms with Crippen LogP contribution in [0.2, 0.25) is 5.15 Å². The van der Waals surface area contributed by atoms with Crippen LogP contribution < -0.4 is 5.32 Å². The van der Waals surface area contributed by atoms with E-state index in [2.05, 4.69) is 15.3 Å². The van der Waals surface area contributed by atoms with E-state index in [1.807, 2.05) is 0 Å². The minimum atomic E-state index is -2.54. The molecule has 0 fully saturated rings. The van der Waals surface area contributed by atoms with Crippen molar-refractivity contribution in [3.63, 3.8) is 0 Å². The van der Waals surface area contributed by atoms with Crippen molar-refractivity contribution in [3.05, 3.63) is 41.6 Å². The number of anilines is 1. The Balaban J connectivity index is 2.14. The molecule has 0 aromatic carbocycles. The Morgan fingerprint density at radius 3 is 2.95 bits per heavy atom. The Labute approximate surface area is 112 Å². The molecule has 0 aliphatic carbocycles. The average Bonchev–Trinajstić information content (AvgIpc) is 2.76. The summed E-state index contributed by atoms with van der Waals surface area (Å²) in [5.74, 6) is -0.399. The first-order valence-corrected chi connectivity index (χ1v) is 5.66. The number of halogens is 3. The van der Waals surface area contributed by atoms with Crippen LogP contribution in [0, 0.1) is 0 Å². The molecule has 1 N–H and O–H groups in total. The lowest BCUT2D eigenvalue weighted by Gasteiger charge is -2.08. The van der Waals surface area contributed by atoms with E-state index in [0.29, 0.717) is 0 Å². The van der Waals surface area contributed by atoms with Crippen molar-refractivity contribution in [1.82, 2.24) is 14.5 Å². The number of nitrogens with zero attached hydrogens (tertiary/aromatic N) is 3. The quantitative estimate of drug-likeness (QED) is 0.939. The van der Waals surface area contributed by atoms with Crippen molar-refractivity contribution in [2.24, 2.45) is 0 Å². The van der Waals surface area contributed by atoms with E-state index in [1.54, 1.807) is 0 Å². The molecule has 1 amide bonds. The fourth-order valence-electron chi connectivity index (χ4n) is 1.51. The largest absolute Gasteiger partial charge is 0.338 e. The highest BCUT2D eigenvalue weighted by molar-refractivity contribution is 6.29. The van der Waals surface area contributed by atoms with Gasteiger partial charge >= 0.3 is 0 Å². The molecule has 8 heteroatoms. The van der Waals surface area contributed by atoms with Crippen LogP contribution in [0.5, 0.6) is 0 Å². The normalized spacial score (nSPS) is 10.7. The molecule has 2 aromatic heterocycles. The van der Waals surface area contributed by atoms with Gasteiger partial charge in [0, 0.05) is 6.20 Å². The summed E-state index contributed by atoms with van der Waals surface area (Å²) in [6.07, 6.45) is 1.50. The van der Waals surface area contributed by atoms with Crippen LogP contribution in [0.4, 0.5) is 14.6 Å². The van der Waals surface area contributed by atoms with Gasteiger partial charge in [0.15, 0.2) is 5.82 Å². The lowest BCUT2D eigenvalue weighted by atomic mass is 10.4. The van der Waals surface area contributed by atoms with Gasteiger partial charge in [-0.1, -0.05) is 11.6 Å². The van der Waals surface area contributed by atoms with Crippen molar-refractivity contribution in [2.75, 3.05) is 5.32 Å². The minimum absolute atomic E-state index is 0.113. The van der Waals surface area contributed by atoms with Gasteiger partial charge in [-0.3, -0.25) is 9.78 Å². The summed E-state index contributed by atoms with van der Waals surface area (Å²) in [6.45, 7) is -0.545. The monoisotopic (exact) mass is 286 g/mol. The van der Waals surface area contributed by atoms with E-state index in [1.165, 1.54) is 30.7 Å². The zero-order valence-corrected chi connectivity index (χ0v) is 10.3. The second kappa shape index (κ2) is 5.75. The third kappa shape index (κ3) is 3.47. The zero-order valence-electron chi connectivity index (χ0n) is 9.55. The standard InChI is InChI=1S/C11H9ClF2N4O/c12-8-4-15-5-10(16-8)17-11(19)7-2-1-3-18(7)6-9(13)14/h1-5,9H,6H2,(H,16,17,19). The van der Waals surface area contributed by atoms with Gasteiger partial charge in [-0.25, -0.2) is 13.8 Å². The van der Waals surface area contributed by atoms with Crippen LogP contribution in [-0.2, 0) is 6.54 Å². The first kappa shape index (κ1) is 13.4. The van der Waals surface area contributed by atoms with Crippen molar-refractivity contribution in [2.45, 2.75) is 13.0 Å². The molecule has 5 nitrogen and oxygen atoms in total. The molecule has 0 radical (unpaired) electrons. The molecule has 100 valence electrons. The molecule has 2 heterocycles. The van der Waals surface area contributed by atoms with E-state index < -0.39 is 18.9 Å². The summed E-state index contributed by atoms with van der Waals surface area (Å²) < 4.78 is 25.8. The van der Waals surface area contributed by atoms with E-state index in [9.17, 15) is 13.6 Å². The van der Waals surface area contributed by atoms with E-state index in [4.69, 9.17) is 11.6 Å². The third-order valence-corrected chi connectivity index (χ3v) is 2.43. The molecular weight excluding hydrogens is 278 g/mol. The highest BCUT2D eigenvalue weighted by Gasteiger charge is 2.14. The fraction of sp³-hybridized carbons (Fsp3) is 0.182. The molecule has 19 heavy (non-hydrogen) atoms. The minimum Gasteiger partial charge on any atom is -0.338 e. The summed E-state index contributed by atoms with van der Waals surface area (Å²) in [6, 6.07) is 2.95. The zero-order chi connectivity index (χ0) is 13.8. The van der Waals surface area contributed by atoms with Crippen molar-refractivity contribution >= 4 is 23.3 Å². The molecular formula is C11H9ClF2N4O. The summed E-state index contributed by atoms with van der Waals surface area (Å²) in [4.78, 5) is 19.5. The molecule has 2 rings (SSSR count). The Kier molecular flexibility index (Phi) is 4.06. The number of carbonyl (C=O) groups is 1. The number of rotatable bonds is 4. The number of nitrogens with one attached hydrogen (secondary N) is 1.